The minimum atomic E-state index is -4.39. The van der Waals surface area contributed by atoms with Gasteiger partial charge in [0, 0.05) is 49.6 Å². The standard InChI is InChI=1S/C19H17F3N4OS/c20-19(21,22)12-27-18-13(3-1-6-23-18)10-26-7-5-15-14(11-26)9-24-17(25-15)16-4-2-8-28-16/h1-4,6,8-9H,5,7,10-12H2. The van der Waals surface area contributed by atoms with E-state index >= 15 is 0 Å². The number of hydrogen-bond donors (Lipinski definition) is 0. The third-order valence-electron chi connectivity index (χ3n) is 4.37. The molecule has 1 aliphatic heterocycles. The van der Waals surface area contributed by atoms with E-state index in [9.17, 15) is 13.2 Å². The molecule has 0 amide bonds. The maximum absolute atomic E-state index is 12.5. The molecule has 0 fully saturated rings. The van der Waals surface area contributed by atoms with Gasteiger partial charge in [0.1, 0.15) is 0 Å². The van der Waals surface area contributed by atoms with E-state index in [4.69, 9.17) is 4.74 Å². The maximum Gasteiger partial charge on any atom is 0.422 e. The minimum absolute atomic E-state index is 0.0231. The second-order valence-corrected chi connectivity index (χ2v) is 7.42. The van der Waals surface area contributed by atoms with Crippen LogP contribution in [0.2, 0.25) is 0 Å². The predicted octanol–water partition coefficient (Wildman–Crippen LogP) is 4.10. The van der Waals surface area contributed by atoms with E-state index in [2.05, 4.69) is 19.9 Å². The van der Waals surface area contributed by atoms with Crippen molar-refractivity contribution in [2.24, 2.45) is 0 Å². The van der Waals surface area contributed by atoms with Gasteiger partial charge in [0.2, 0.25) is 5.88 Å². The van der Waals surface area contributed by atoms with Gasteiger partial charge in [-0.3, -0.25) is 4.90 Å². The van der Waals surface area contributed by atoms with Gasteiger partial charge >= 0.3 is 6.18 Å². The van der Waals surface area contributed by atoms with Crippen LogP contribution in [0.25, 0.3) is 10.7 Å². The van der Waals surface area contributed by atoms with Crippen molar-refractivity contribution in [2.75, 3.05) is 13.2 Å². The summed E-state index contributed by atoms with van der Waals surface area (Å²) >= 11 is 1.60. The molecule has 0 N–H and O–H groups in total. The summed E-state index contributed by atoms with van der Waals surface area (Å²) in [5, 5.41) is 1.99. The van der Waals surface area contributed by atoms with Crippen molar-refractivity contribution in [1.82, 2.24) is 19.9 Å². The van der Waals surface area contributed by atoms with E-state index in [1.54, 1.807) is 23.5 Å². The summed E-state index contributed by atoms with van der Waals surface area (Å²) in [5.74, 6) is 0.757. The van der Waals surface area contributed by atoms with Crippen LogP contribution in [0.15, 0.2) is 42.0 Å². The Morgan fingerprint density at radius 3 is 2.86 bits per heavy atom. The van der Waals surface area contributed by atoms with Gasteiger partial charge in [0.25, 0.3) is 0 Å². The molecule has 0 aromatic carbocycles. The Kier molecular flexibility index (Phi) is 5.27. The lowest BCUT2D eigenvalue weighted by Gasteiger charge is -2.28. The molecule has 9 heteroatoms. The van der Waals surface area contributed by atoms with Crippen molar-refractivity contribution in [2.45, 2.75) is 25.7 Å². The average molecular weight is 406 g/mol. The fraction of sp³-hybridized carbons (Fsp3) is 0.316. The highest BCUT2D eigenvalue weighted by atomic mass is 32.1. The van der Waals surface area contributed by atoms with Crippen LogP contribution in [0, 0.1) is 0 Å². The first-order valence-electron chi connectivity index (χ1n) is 8.72. The van der Waals surface area contributed by atoms with Crippen LogP contribution in [0.5, 0.6) is 5.88 Å². The molecule has 1 aliphatic rings. The van der Waals surface area contributed by atoms with Crippen molar-refractivity contribution in [1.29, 1.82) is 0 Å². The van der Waals surface area contributed by atoms with Crippen molar-refractivity contribution < 1.29 is 17.9 Å². The Balaban J connectivity index is 1.46. The first-order valence-corrected chi connectivity index (χ1v) is 9.60. The molecule has 4 rings (SSSR count). The number of aromatic nitrogens is 3. The molecule has 0 spiro atoms. The average Bonchev–Trinajstić information content (AvgIpc) is 3.21. The number of hydrogen-bond acceptors (Lipinski definition) is 6. The van der Waals surface area contributed by atoms with E-state index in [0.29, 0.717) is 18.7 Å². The number of halogens is 3. The zero-order chi connectivity index (χ0) is 19.6. The molecule has 0 unspecified atom stereocenters. The van der Waals surface area contributed by atoms with E-state index in [1.807, 2.05) is 23.7 Å². The van der Waals surface area contributed by atoms with E-state index in [0.717, 1.165) is 34.9 Å². The summed E-state index contributed by atoms with van der Waals surface area (Å²) < 4.78 is 42.2. The van der Waals surface area contributed by atoms with Gasteiger partial charge in [0.15, 0.2) is 12.4 Å². The fourth-order valence-electron chi connectivity index (χ4n) is 3.10. The molecule has 0 bridgehead atoms. The highest BCUT2D eigenvalue weighted by molar-refractivity contribution is 7.13. The van der Waals surface area contributed by atoms with Gasteiger partial charge in [-0.1, -0.05) is 12.1 Å². The van der Waals surface area contributed by atoms with Gasteiger partial charge in [0.05, 0.1) is 10.6 Å². The van der Waals surface area contributed by atoms with Crippen LogP contribution in [0.1, 0.15) is 16.8 Å². The van der Waals surface area contributed by atoms with Gasteiger partial charge in [-0.05, 0) is 17.5 Å². The number of ether oxygens (including phenoxy) is 1. The lowest BCUT2D eigenvalue weighted by atomic mass is 10.1. The molecule has 3 aromatic heterocycles. The lowest BCUT2D eigenvalue weighted by Crippen LogP contribution is -2.31. The van der Waals surface area contributed by atoms with Gasteiger partial charge in [-0.25, -0.2) is 15.0 Å². The van der Waals surface area contributed by atoms with E-state index in [1.165, 1.54) is 6.20 Å². The zero-order valence-electron chi connectivity index (χ0n) is 14.8. The molecular weight excluding hydrogens is 389 g/mol. The molecular formula is C19H17F3N4OS. The van der Waals surface area contributed by atoms with E-state index < -0.39 is 12.8 Å². The summed E-state index contributed by atoms with van der Waals surface area (Å²) in [6.07, 6.45) is -0.361. The molecule has 5 nitrogen and oxygen atoms in total. The molecule has 0 radical (unpaired) electrons. The molecule has 0 aliphatic carbocycles. The molecule has 4 heterocycles. The van der Waals surface area contributed by atoms with Gasteiger partial charge in [-0.2, -0.15) is 13.2 Å². The molecule has 0 saturated carbocycles. The Morgan fingerprint density at radius 1 is 1.18 bits per heavy atom. The number of rotatable bonds is 5. The highest BCUT2D eigenvalue weighted by Gasteiger charge is 2.29. The first-order chi connectivity index (χ1) is 13.5. The number of thiophene rings is 1. The zero-order valence-corrected chi connectivity index (χ0v) is 15.6. The smallest absolute Gasteiger partial charge is 0.422 e. The molecule has 0 atom stereocenters. The van der Waals surface area contributed by atoms with Crippen LogP contribution in [0.3, 0.4) is 0 Å². The summed E-state index contributed by atoms with van der Waals surface area (Å²) in [6, 6.07) is 7.40. The summed E-state index contributed by atoms with van der Waals surface area (Å²) in [6.45, 7) is 0.488. The minimum Gasteiger partial charge on any atom is -0.468 e. The number of nitrogens with zero attached hydrogens (tertiary/aromatic N) is 4. The number of pyridine rings is 1. The van der Waals surface area contributed by atoms with Crippen molar-refractivity contribution in [3.05, 3.63) is 58.9 Å². The quantitative estimate of drug-likeness (QED) is 0.639. The molecule has 3 aromatic rings. The van der Waals surface area contributed by atoms with Gasteiger partial charge in [-0.15, -0.1) is 11.3 Å². The van der Waals surface area contributed by atoms with Crippen LogP contribution in [0.4, 0.5) is 13.2 Å². The third kappa shape index (κ3) is 4.48. The Labute approximate surface area is 163 Å². The van der Waals surface area contributed by atoms with Gasteiger partial charge < -0.3 is 4.74 Å². The Morgan fingerprint density at radius 2 is 2.07 bits per heavy atom. The Hall–Kier alpha value is -2.52. The largest absolute Gasteiger partial charge is 0.468 e. The topological polar surface area (TPSA) is 51.1 Å². The monoisotopic (exact) mass is 406 g/mol. The number of alkyl halides is 3. The molecule has 146 valence electrons. The fourth-order valence-corrected chi connectivity index (χ4v) is 3.76. The molecule has 28 heavy (non-hydrogen) atoms. The SMILES string of the molecule is FC(F)(F)COc1ncccc1CN1CCc2nc(-c3cccs3)ncc2C1. The second-order valence-electron chi connectivity index (χ2n) is 6.48. The van der Waals surface area contributed by atoms with Crippen molar-refractivity contribution >= 4 is 11.3 Å². The maximum atomic E-state index is 12.5. The third-order valence-corrected chi connectivity index (χ3v) is 5.24. The summed E-state index contributed by atoms with van der Waals surface area (Å²) in [4.78, 5) is 16.3. The van der Waals surface area contributed by atoms with Crippen molar-refractivity contribution in [3.63, 3.8) is 0 Å². The molecule has 0 saturated heterocycles. The van der Waals surface area contributed by atoms with E-state index in [-0.39, 0.29) is 5.88 Å². The highest BCUT2D eigenvalue weighted by Crippen LogP contribution is 2.26. The van der Waals surface area contributed by atoms with Crippen molar-refractivity contribution in [3.8, 4) is 16.6 Å². The van der Waals surface area contributed by atoms with Crippen LogP contribution in [-0.2, 0) is 19.5 Å². The Bertz CT molecular complexity index is 947. The predicted molar refractivity (Wildman–Crippen MR) is 99.0 cm³/mol. The second kappa shape index (κ2) is 7.84. The van der Waals surface area contributed by atoms with Crippen LogP contribution in [-0.4, -0.2) is 39.2 Å². The van der Waals surface area contributed by atoms with Crippen LogP contribution < -0.4 is 4.74 Å². The van der Waals surface area contributed by atoms with Crippen LogP contribution >= 0.6 is 11.3 Å². The first kappa shape index (κ1) is 18.8. The number of fused-ring (bicyclic) bond motifs is 1. The normalized spacial score (nSPS) is 14.7. The summed E-state index contributed by atoms with van der Waals surface area (Å²) in [7, 11) is 0. The lowest BCUT2D eigenvalue weighted by molar-refractivity contribution is -0.154. The summed E-state index contributed by atoms with van der Waals surface area (Å²) in [5.41, 5.74) is 2.69.